The third kappa shape index (κ3) is 2.75. The first kappa shape index (κ1) is 13.1. The van der Waals surface area contributed by atoms with Crippen LogP contribution >= 0.6 is 15.9 Å². The molecule has 0 unspecified atom stereocenters. The fraction of sp³-hybridized carbons (Fsp3) is 0.357. The molecule has 0 aliphatic heterocycles. The van der Waals surface area contributed by atoms with Crippen molar-refractivity contribution in [3.8, 4) is 0 Å². The summed E-state index contributed by atoms with van der Waals surface area (Å²) >= 11 is 3.43. The number of methoxy groups -OCH3 is 1. The number of ether oxygens (including phenoxy) is 1. The van der Waals surface area contributed by atoms with Crippen molar-refractivity contribution in [3.05, 3.63) is 35.5 Å². The molecule has 96 valence electrons. The highest BCUT2D eigenvalue weighted by Crippen LogP contribution is 2.21. The van der Waals surface area contributed by atoms with Gasteiger partial charge < -0.3 is 9.72 Å². The monoisotopic (exact) mass is 309 g/mol. The Morgan fingerprint density at radius 3 is 2.94 bits per heavy atom. The van der Waals surface area contributed by atoms with E-state index in [9.17, 15) is 4.79 Å². The first-order valence-corrected chi connectivity index (χ1v) is 7.12. The fourth-order valence-corrected chi connectivity index (χ4v) is 2.43. The van der Waals surface area contributed by atoms with Crippen molar-refractivity contribution in [2.75, 3.05) is 12.4 Å². The molecule has 2 aromatic rings. The number of hydrogen-bond acceptors (Lipinski definition) is 2. The molecule has 18 heavy (non-hydrogen) atoms. The Hall–Kier alpha value is -1.29. The molecule has 1 N–H and O–H groups in total. The van der Waals surface area contributed by atoms with Crippen LogP contribution in [0.1, 0.15) is 28.8 Å². The normalized spacial score (nSPS) is 10.8. The molecule has 0 aliphatic carbocycles. The van der Waals surface area contributed by atoms with Crippen LogP contribution in [0.2, 0.25) is 0 Å². The maximum absolute atomic E-state index is 11.5. The van der Waals surface area contributed by atoms with Crippen molar-refractivity contribution in [2.24, 2.45) is 0 Å². The van der Waals surface area contributed by atoms with Crippen molar-refractivity contribution in [3.63, 3.8) is 0 Å². The van der Waals surface area contributed by atoms with Crippen LogP contribution < -0.4 is 0 Å². The van der Waals surface area contributed by atoms with Gasteiger partial charge >= 0.3 is 5.97 Å². The summed E-state index contributed by atoms with van der Waals surface area (Å²) in [4.78, 5) is 14.7. The van der Waals surface area contributed by atoms with Crippen LogP contribution in [-0.2, 0) is 11.2 Å². The molecule has 0 fully saturated rings. The number of carbonyl (C=O) groups is 1. The zero-order valence-corrected chi connectivity index (χ0v) is 11.9. The Morgan fingerprint density at radius 2 is 2.22 bits per heavy atom. The van der Waals surface area contributed by atoms with Gasteiger partial charge in [-0.3, -0.25) is 0 Å². The number of nitrogens with one attached hydrogen (secondary N) is 1. The standard InChI is InChI=1S/C14H16BrNO2/c1-18-14(17)12-9-16-13-8-10(4-2-3-7-15)5-6-11(12)13/h5-6,8-9,16H,2-4,7H2,1H3. The molecule has 1 heterocycles. The topological polar surface area (TPSA) is 42.1 Å². The number of H-pyrrole nitrogens is 1. The van der Waals surface area contributed by atoms with E-state index in [1.807, 2.05) is 6.07 Å². The zero-order valence-electron chi connectivity index (χ0n) is 10.3. The molecule has 1 aromatic heterocycles. The molecule has 0 saturated carbocycles. The van der Waals surface area contributed by atoms with Gasteiger partial charge in [-0.25, -0.2) is 4.79 Å². The number of rotatable bonds is 5. The largest absolute Gasteiger partial charge is 0.465 e. The van der Waals surface area contributed by atoms with Crippen molar-refractivity contribution >= 4 is 32.8 Å². The molecule has 0 aliphatic rings. The molecule has 0 spiro atoms. The molecule has 2 rings (SSSR count). The van der Waals surface area contributed by atoms with Gasteiger partial charge in [0.15, 0.2) is 0 Å². The Balaban J connectivity index is 2.22. The first-order valence-electron chi connectivity index (χ1n) is 6.00. The van der Waals surface area contributed by atoms with Gasteiger partial charge in [0, 0.05) is 22.4 Å². The SMILES string of the molecule is COC(=O)c1c[nH]c2cc(CCCCBr)ccc12. The Morgan fingerprint density at radius 1 is 1.39 bits per heavy atom. The predicted octanol–water partition coefficient (Wildman–Crippen LogP) is 3.67. The van der Waals surface area contributed by atoms with Gasteiger partial charge in [-0.05, 0) is 30.9 Å². The number of alkyl halides is 1. The molecule has 0 saturated heterocycles. The molecule has 0 radical (unpaired) electrons. The number of aromatic amines is 1. The van der Waals surface area contributed by atoms with Crippen LogP contribution in [0.3, 0.4) is 0 Å². The summed E-state index contributed by atoms with van der Waals surface area (Å²) in [6.45, 7) is 0. The van der Waals surface area contributed by atoms with Crippen molar-refractivity contribution in [1.82, 2.24) is 4.98 Å². The summed E-state index contributed by atoms with van der Waals surface area (Å²) in [7, 11) is 1.40. The molecule has 1 aromatic carbocycles. The second-order valence-electron chi connectivity index (χ2n) is 4.22. The van der Waals surface area contributed by atoms with Crippen LogP contribution in [0.5, 0.6) is 0 Å². The number of aromatic nitrogens is 1. The summed E-state index contributed by atoms with van der Waals surface area (Å²) in [5.41, 5.74) is 2.88. The molecular formula is C14H16BrNO2. The number of unbranched alkanes of at least 4 members (excludes halogenated alkanes) is 1. The maximum Gasteiger partial charge on any atom is 0.340 e. The zero-order chi connectivity index (χ0) is 13.0. The molecular weight excluding hydrogens is 294 g/mol. The summed E-state index contributed by atoms with van der Waals surface area (Å²) in [5.74, 6) is -0.298. The van der Waals surface area contributed by atoms with Crippen LogP contribution in [0, 0.1) is 0 Å². The lowest BCUT2D eigenvalue weighted by atomic mass is 10.1. The van der Waals surface area contributed by atoms with Gasteiger partial charge in [-0.1, -0.05) is 28.1 Å². The van der Waals surface area contributed by atoms with E-state index in [2.05, 4.69) is 33.0 Å². The number of aryl methyl sites for hydroxylation is 1. The summed E-state index contributed by atoms with van der Waals surface area (Å²) < 4.78 is 4.75. The van der Waals surface area contributed by atoms with Crippen molar-refractivity contribution in [2.45, 2.75) is 19.3 Å². The minimum Gasteiger partial charge on any atom is -0.465 e. The second kappa shape index (κ2) is 6.05. The number of benzene rings is 1. The van der Waals surface area contributed by atoms with Crippen molar-refractivity contribution < 1.29 is 9.53 Å². The van der Waals surface area contributed by atoms with E-state index in [-0.39, 0.29) is 5.97 Å². The predicted molar refractivity (Wildman–Crippen MR) is 76.4 cm³/mol. The number of hydrogen-bond donors (Lipinski definition) is 1. The summed E-state index contributed by atoms with van der Waals surface area (Å²) in [6.07, 6.45) is 5.12. The number of halogens is 1. The molecule has 0 bridgehead atoms. The third-order valence-electron chi connectivity index (χ3n) is 3.00. The lowest BCUT2D eigenvalue weighted by Gasteiger charge is -2.01. The molecule has 0 atom stereocenters. The van der Waals surface area contributed by atoms with E-state index in [4.69, 9.17) is 4.74 Å². The van der Waals surface area contributed by atoms with Crippen LogP contribution in [0.25, 0.3) is 10.9 Å². The van der Waals surface area contributed by atoms with Crippen molar-refractivity contribution in [1.29, 1.82) is 0 Å². The Bertz CT molecular complexity index is 548. The average Bonchev–Trinajstić information content (AvgIpc) is 2.81. The fourth-order valence-electron chi connectivity index (χ4n) is 2.03. The average molecular weight is 310 g/mol. The van der Waals surface area contributed by atoms with Gasteiger partial charge in [0.1, 0.15) is 0 Å². The van der Waals surface area contributed by atoms with E-state index in [1.165, 1.54) is 25.5 Å². The third-order valence-corrected chi connectivity index (χ3v) is 3.56. The maximum atomic E-state index is 11.5. The van der Waals surface area contributed by atoms with Crippen LogP contribution in [0.15, 0.2) is 24.4 Å². The smallest absolute Gasteiger partial charge is 0.340 e. The summed E-state index contributed by atoms with van der Waals surface area (Å²) in [5, 5.41) is 1.97. The molecule has 4 heteroatoms. The molecule has 0 amide bonds. The summed E-state index contributed by atoms with van der Waals surface area (Å²) in [6, 6.07) is 6.18. The number of fused-ring (bicyclic) bond motifs is 1. The first-order chi connectivity index (χ1) is 8.76. The van der Waals surface area contributed by atoms with E-state index >= 15 is 0 Å². The van der Waals surface area contributed by atoms with Gasteiger partial charge in [-0.2, -0.15) is 0 Å². The quantitative estimate of drug-likeness (QED) is 0.520. The lowest BCUT2D eigenvalue weighted by molar-refractivity contribution is 0.0603. The minimum absolute atomic E-state index is 0.298. The Labute approximate surface area is 115 Å². The lowest BCUT2D eigenvalue weighted by Crippen LogP contribution is -1.99. The van der Waals surface area contributed by atoms with E-state index < -0.39 is 0 Å². The minimum atomic E-state index is -0.298. The van der Waals surface area contributed by atoms with Gasteiger partial charge in [0.2, 0.25) is 0 Å². The molecule has 3 nitrogen and oxygen atoms in total. The highest BCUT2D eigenvalue weighted by atomic mass is 79.9. The second-order valence-corrected chi connectivity index (χ2v) is 5.01. The van der Waals surface area contributed by atoms with Gasteiger partial charge in [-0.15, -0.1) is 0 Å². The van der Waals surface area contributed by atoms with Crippen LogP contribution in [-0.4, -0.2) is 23.4 Å². The van der Waals surface area contributed by atoms with Crippen LogP contribution in [0.4, 0.5) is 0 Å². The number of esters is 1. The highest BCUT2D eigenvalue weighted by Gasteiger charge is 2.11. The van der Waals surface area contributed by atoms with Gasteiger partial charge in [0.25, 0.3) is 0 Å². The van der Waals surface area contributed by atoms with Gasteiger partial charge in [0.05, 0.1) is 12.7 Å². The van der Waals surface area contributed by atoms with E-state index in [0.29, 0.717) is 5.56 Å². The Kier molecular flexibility index (Phi) is 4.42. The van der Waals surface area contributed by atoms with E-state index in [1.54, 1.807) is 6.20 Å². The number of carbonyl (C=O) groups excluding carboxylic acids is 1. The highest BCUT2D eigenvalue weighted by molar-refractivity contribution is 9.09. The van der Waals surface area contributed by atoms with E-state index in [0.717, 1.165) is 22.7 Å².